The summed E-state index contributed by atoms with van der Waals surface area (Å²) < 4.78 is 1.79. The van der Waals surface area contributed by atoms with E-state index in [0.717, 1.165) is 37.6 Å². The lowest BCUT2D eigenvalue weighted by molar-refractivity contribution is -0.132. The maximum Gasteiger partial charge on any atom is 0.244 e. The highest BCUT2D eigenvalue weighted by molar-refractivity contribution is 5.76. The monoisotopic (exact) mass is 339 g/mol. The smallest absolute Gasteiger partial charge is 0.244 e. The van der Waals surface area contributed by atoms with Gasteiger partial charge in [-0.05, 0) is 43.9 Å². The number of hydrogen-bond acceptors (Lipinski definition) is 4. The number of carbonyl (C=O) groups excluding carboxylic acids is 1. The summed E-state index contributed by atoms with van der Waals surface area (Å²) in [7, 11) is 0. The minimum Gasteiger partial charge on any atom is -0.339 e. The van der Waals surface area contributed by atoms with Crippen molar-refractivity contribution in [1.82, 2.24) is 24.6 Å². The fraction of sp³-hybridized carbons (Fsp3) is 0.526. The number of hydrogen-bond donors (Lipinski definition) is 0. The molecule has 0 radical (unpaired) electrons. The van der Waals surface area contributed by atoms with Crippen molar-refractivity contribution in [3.05, 3.63) is 48.0 Å². The predicted octanol–water partition coefficient (Wildman–Crippen LogP) is 1.71. The first-order valence-corrected chi connectivity index (χ1v) is 9.09. The van der Waals surface area contributed by atoms with Crippen molar-refractivity contribution < 1.29 is 4.79 Å². The molecule has 6 nitrogen and oxygen atoms in total. The molecule has 0 unspecified atom stereocenters. The maximum absolute atomic E-state index is 12.8. The first-order chi connectivity index (χ1) is 12.2. The molecule has 2 aromatic heterocycles. The van der Waals surface area contributed by atoms with Crippen LogP contribution < -0.4 is 0 Å². The third-order valence-corrected chi connectivity index (χ3v) is 5.48. The van der Waals surface area contributed by atoms with Crippen LogP contribution in [0.15, 0.2) is 36.7 Å². The average molecular weight is 339 g/mol. The van der Waals surface area contributed by atoms with E-state index >= 15 is 0 Å². The van der Waals surface area contributed by atoms with Crippen LogP contribution in [0.5, 0.6) is 0 Å². The van der Waals surface area contributed by atoms with Crippen molar-refractivity contribution in [3.63, 3.8) is 0 Å². The van der Waals surface area contributed by atoms with Crippen molar-refractivity contribution in [1.29, 1.82) is 0 Å². The van der Waals surface area contributed by atoms with Crippen molar-refractivity contribution in [3.8, 4) is 0 Å². The summed E-state index contributed by atoms with van der Waals surface area (Å²) in [5, 5.41) is 4.25. The zero-order valence-corrected chi connectivity index (χ0v) is 14.7. The molecule has 0 aromatic carbocycles. The first kappa shape index (κ1) is 16.3. The van der Waals surface area contributed by atoms with Gasteiger partial charge < -0.3 is 4.90 Å². The van der Waals surface area contributed by atoms with E-state index in [1.807, 2.05) is 31.3 Å². The highest BCUT2D eigenvalue weighted by Gasteiger charge is 2.36. The summed E-state index contributed by atoms with van der Waals surface area (Å²) in [4.78, 5) is 21.8. The van der Waals surface area contributed by atoms with Gasteiger partial charge in [0.05, 0.1) is 5.69 Å². The fourth-order valence-electron chi connectivity index (χ4n) is 4.07. The molecule has 25 heavy (non-hydrogen) atoms. The van der Waals surface area contributed by atoms with Gasteiger partial charge in [-0.15, -0.1) is 0 Å². The fourth-order valence-corrected chi connectivity index (χ4v) is 4.07. The van der Waals surface area contributed by atoms with Crippen LogP contribution in [-0.2, 0) is 17.9 Å². The number of nitrogens with zero attached hydrogens (tertiary/aromatic N) is 5. The summed E-state index contributed by atoms with van der Waals surface area (Å²) in [5.74, 6) is 0.744. The second-order valence-electron chi connectivity index (χ2n) is 7.28. The highest BCUT2D eigenvalue weighted by atomic mass is 16.2. The second kappa shape index (κ2) is 6.96. The molecule has 3 aliphatic rings. The Hall–Kier alpha value is -2.21. The predicted molar refractivity (Wildman–Crippen MR) is 94.7 cm³/mol. The Bertz CT molecular complexity index is 728. The lowest BCUT2D eigenvalue weighted by atomic mass is 9.95. The van der Waals surface area contributed by atoms with Crippen molar-refractivity contribution in [2.24, 2.45) is 5.92 Å². The van der Waals surface area contributed by atoms with E-state index in [9.17, 15) is 4.79 Å². The lowest BCUT2D eigenvalue weighted by Crippen LogP contribution is -2.44. The van der Waals surface area contributed by atoms with Gasteiger partial charge in [-0.25, -0.2) is 0 Å². The van der Waals surface area contributed by atoms with Gasteiger partial charge in [0, 0.05) is 50.3 Å². The molecule has 132 valence electrons. The van der Waals surface area contributed by atoms with Gasteiger partial charge in [-0.1, -0.05) is 6.07 Å². The summed E-state index contributed by atoms with van der Waals surface area (Å²) in [6.07, 6.45) is 5.99. The number of pyridine rings is 1. The van der Waals surface area contributed by atoms with Crippen molar-refractivity contribution >= 4 is 5.91 Å². The van der Waals surface area contributed by atoms with E-state index in [1.165, 1.54) is 12.8 Å². The molecule has 3 aliphatic heterocycles. The summed E-state index contributed by atoms with van der Waals surface area (Å²) in [5.41, 5.74) is 2.14. The van der Waals surface area contributed by atoms with Gasteiger partial charge >= 0.3 is 0 Å². The van der Waals surface area contributed by atoms with E-state index in [0.29, 0.717) is 18.5 Å². The standard InChI is InChI=1S/C19H25N5O/c1-15-7-9-21-24(15)14-19(25)23-11-16-5-6-18(13-23)22(10-16)12-17-4-2-3-8-20-17/h2-4,7-9,16,18H,5-6,10-14H2,1H3/t16-,18-/m1/s1. The highest BCUT2D eigenvalue weighted by Crippen LogP contribution is 2.29. The second-order valence-corrected chi connectivity index (χ2v) is 7.28. The molecule has 0 saturated carbocycles. The minimum absolute atomic E-state index is 0.184. The van der Waals surface area contributed by atoms with Gasteiger partial charge in [0.2, 0.25) is 5.91 Å². The van der Waals surface area contributed by atoms with E-state index in [-0.39, 0.29) is 5.91 Å². The average Bonchev–Trinajstić information content (AvgIpc) is 2.83. The maximum atomic E-state index is 12.8. The van der Waals surface area contributed by atoms with Crippen LogP contribution in [0, 0.1) is 12.8 Å². The minimum atomic E-state index is 0.184. The molecule has 2 aromatic rings. The third-order valence-electron chi connectivity index (χ3n) is 5.48. The van der Waals surface area contributed by atoms with E-state index in [2.05, 4.69) is 25.9 Å². The summed E-state index contributed by atoms with van der Waals surface area (Å²) >= 11 is 0. The number of aryl methyl sites for hydroxylation is 1. The van der Waals surface area contributed by atoms with Gasteiger partial charge in [0.1, 0.15) is 6.54 Å². The van der Waals surface area contributed by atoms with Crippen LogP contribution >= 0.6 is 0 Å². The molecule has 0 N–H and O–H groups in total. The largest absolute Gasteiger partial charge is 0.339 e. The van der Waals surface area contributed by atoms with E-state index in [4.69, 9.17) is 0 Å². The van der Waals surface area contributed by atoms with Gasteiger partial charge in [0.15, 0.2) is 0 Å². The number of amides is 1. The molecule has 2 bridgehead atoms. The van der Waals surface area contributed by atoms with Crippen LogP contribution in [0.25, 0.3) is 0 Å². The quantitative estimate of drug-likeness (QED) is 0.851. The van der Waals surface area contributed by atoms with Gasteiger partial charge in [-0.2, -0.15) is 5.10 Å². The number of fused-ring (bicyclic) bond motifs is 4. The number of rotatable bonds is 4. The molecule has 1 amide bonds. The van der Waals surface area contributed by atoms with Crippen LogP contribution in [0.3, 0.4) is 0 Å². The van der Waals surface area contributed by atoms with Crippen LogP contribution in [-0.4, -0.2) is 56.1 Å². The zero-order valence-electron chi connectivity index (χ0n) is 14.7. The first-order valence-electron chi connectivity index (χ1n) is 9.09. The lowest BCUT2D eigenvalue weighted by Gasteiger charge is -2.35. The Kier molecular flexibility index (Phi) is 4.53. The number of carbonyl (C=O) groups is 1. The van der Waals surface area contributed by atoms with Crippen LogP contribution in [0.2, 0.25) is 0 Å². The summed E-state index contributed by atoms with van der Waals surface area (Å²) in [6.45, 7) is 5.96. The van der Waals surface area contributed by atoms with Crippen LogP contribution in [0.4, 0.5) is 0 Å². The van der Waals surface area contributed by atoms with Crippen molar-refractivity contribution in [2.75, 3.05) is 19.6 Å². The SMILES string of the molecule is Cc1ccnn1CC(=O)N1C[C@@H]2CC[C@H](C1)N(Cc1ccccn1)C2. The molecule has 5 rings (SSSR count). The van der Waals surface area contributed by atoms with E-state index in [1.54, 1.807) is 10.9 Å². The molecule has 6 heteroatoms. The Labute approximate surface area is 148 Å². The Morgan fingerprint density at radius 3 is 2.84 bits per heavy atom. The molecule has 3 fully saturated rings. The topological polar surface area (TPSA) is 54.3 Å². The molecule has 0 aliphatic carbocycles. The van der Waals surface area contributed by atoms with Gasteiger partial charge in [0.25, 0.3) is 0 Å². The Balaban J connectivity index is 1.44. The Morgan fingerprint density at radius 1 is 1.16 bits per heavy atom. The number of aromatic nitrogens is 3. The van der Waals surface area contributed by atoms with Crippen LogP contribution in [0.1, 0.15) is 24.2 Å². The summed E-state index contributed by atoms with van der Waals surface area (Å²) in [6, 6.07) is 8.45. The molecule has 3 saturated heterocycles. The zero-order chi connectivity index (χ0) is 17.2. The molecule has 0 spiro atoms. The molecular formula is C19H25N5O. The molecular weight excluding hydrogens is 314 g/mol. The van der Waals surface area contributed by atoms with E-state index < -0.39 is 0 Å². The van der Waals surface area contributed by atoms with Crippen molar-refractivity contribution in [2.45, 2.75) is 38.9 Å². The number of piperidine rings is 1. The molecule has 5 heterocycles. The third kappa shape index (κ3) is 3.58. The normalized spacial score (nSPS) is 23.6. The Morgan fingerprint density at radius 2 is 2.08 bits per heavy atom. The van der Waals surface area contributed by atoms with Gasteiger partial charge in [-0.3, -0.25) is 19.4 Å². The molecule has 2 atom stereocenters.